The molecule has 3 heteroatoms. The standard InChI is InChI=1S/C12H13N3/c1-3-9-15-11-8-6-5-7-10(11)14(4-2)12(15)13/h1,5-8,13H,4,9H2,2H3/p+1. The average molecular weight is 200 g/mol. The second-order valence-corrected chi connectivity index (χ2v) is 3.38. The van der Waals surface area contributed by atoms with Crippen molar-refractivity contribution in [2.24, 2.45) is 0 Å². The van der Waals surface area contributed by atoms with Crippen molar-refractivity contribution in [3.8, 4) is 12.3 Å². The molecule has 0 aliphatic carbocycles. The monoisotopic (exact) mass is 200 g/mol. The summed E-state index contributed by atoms with van der Waals surface area (Å²) < 4.78 is 4.02. The molecular weight excluding hydrogens is 186 g/mol. The van der Waals surface area contributed by atoms with E-state index in [1.165, 1.54) is 0 Å². The minimum atomic E-state index is 0.513. The summed E-state index contributed by atoms with van der Waals surface area (Å²) in [6.45, 7) is 3.44. The predicted molar refractivity (Wildman–Crippen MR) is 61.1 cm³/mol. The van der Waals surface area contributed by atoms with E-state index in [4.69, 9.17) is 12.2 Å². The maximum atomic E-state index is 6.04. The summed E-state index contributed by atoms with van der Waals surface area (Å²) >= 11 is 0. The van der Waals surface area contributed by atoms with Crippen LogP contribution in [0.5, 0.6) is 0 Å². The summed E-state index contributed by atoms with van der Waals surface area (Å²) in [7, 11) is 0. The average Bonchev–Trinajstić information content (AvgIpc) is 2.53. The highest BCUT2D eigenvalue weighted by Gasteiger charge is 2.17. The number of para-hydroxylation sites is 2. The fraction of sp³-hybridized carbons (Fsp3) is 0.250. The predicted octanol–water partition coefficient (Wildman–Crippen LogP) is 1.16. The van der Waals surface area contributed by atoms with Gasteiger partial charge in [-0.3, -0.25) is 5.73 Å². The first-order chi connectivity index (χ1) is 7.29. The third kappa shape index (κ3) is 1.35. The van der Waals surface area contributed by atoms with Crippen LogP contribution in [0.1, 0.15) is 6.92 Å². The van der Waals surface area contributed by atoms with Gasteiger partial charge in [-0.15, -0.1) is 6.42 Å². The Morgan fingerprint density at radius 2 is 2.20 bits per heavy atom. The largest absolute Gasteiger partial charge is 0.356 e. The van der Waals surface area contributed by atoms with Crippen LogP contribution in [0.4, 0.5) is 5.95 Å². The van der Waals surface area contributed by atoms with Gasteiger partial charge in [0.05, 0.1) is 6.54 Å². The third-order valence-corrected chi connectivity index (χ3v) is 2.58. The zero-order valence-electron chi connectivity index (χ0n) is 8.77. The fourth-order valence-electron chi connectivity index (χ4n) is 1.90. The lowest BCUT2D eigenvalue weighted by Crippen LogP contribution is -2.35. The van der Waals surface area contributed by atoms with Gasteiger partial charge < -0.3 is 0 Å². The summed E-state index contributed by atoms with van der Waals surface area (Å²) in [4.78, 5) is 0. The van der Waals surface area contributed by atoms with Crippen LogP contribution < -0.4 is 10.3 Å². The van der Waals surface area contributed by atoms with Crippen LogP contribution in [-0.2, 0) is 13.1 Å². The molecule has 0 aliphatic rings. The van der Waals surface area contributed by atoms with E-state index in [9.17, 15) is 0 Å². The zero-order chi connectivity index (χ0) is 10.8. The van der Waals surface area contributed by atoms with E-state index in [0.717, 1.165) is 23.5 Å². The van der Waals surface area contributed by atoms with E-state index in [0.29, 0.717) is 6.54 Å². The molecule has 1 aromatic heterocycles. The van der Waals surface area contributed by atoms with Crippen molar-refractivity contribution in [2.45, 2.75) is 20.0 Å². The molecule has 1 aromatic carbocycles. The van der Waals surface area contributed by atoms with Crippen molar-refractivity contribution in [3.63, 3.8) is 0 Å². The Bertz CT molecular complexity index is 532. The van der Waals surface area contributed by atoms with Crippen LogP contribution in [0.2, 0.25) is 0 Å². The maximum absolute atomic E-state index is 6.04. The summed E-state index contributed by atoms with van der Waals surface area (Å²) in [6.07, 6.45) is 5.34. The van der Waals surface area contributed by atoms with Crippen molar-refractivity contribution in [1.29, 1.82) is 0 Å². The molecular formula is C12H14N3+. The smallest absolute Gasteiger partial charge is 0.290 e. The topological polar surface area (TPSA) is 34.8 Å². The molecule has 2 aromatic rings. The van der Waals surface area contributed by atoms with Gasteiger partial charge in [-0.25, -0.2) is 9.13 Å². The molecule has 0 aliphatic heterocycles. The Morgan fingerprint density at radius 1 is 1.47 bits per heavy atom. The highest BCUT2D eigenvalue weighted by molar-refractivity contribution is 5.73. The number of rotatable bonds is 2. The third-order valence-electron chi connectivity index (χ3n) is 2.58. The molecule has 0 radical (unpaired) electrons. The normalized spacial score (nSPS) is 10.4. The van der Waals surface area contributed by atoms with Crippen LogP contribution in [0, 0.1) is 12.3 Å². The molecule has 0 spiro atoms. The molecule has 0 saturated heterocycles. The number of aryl methyl sites for hydroxylation is 1. The first kappa shape index (κ1) is 9.60. The minimum absolute atomic E-state index is 0.513. The van der Waals surface area contributed by atoms with Crippen molar-refractivity contribution >= 4 is 17.0 Å². The van der Waals surface area contributed by atoms with Gasteiger partial charge >= 0.3 is 5.95 Å². The Balaban J connectivity index is 2.80. The highest BCUT2D eigenvalue weighted by atomic mass is 15.2. The lowest BCUT2D eigenvalue weighted by Gasteiger charge is -1.94. The number of aromatic nitrogens is 2. The minimum Gasteiger partial charge on any atom is -0.290 e. The second-order valence-electron chi connectivity index (χ2n) is 3.38. The molecule has 0 fully saturated rings. The summed E-state index contributed by atoms with van der Waals surface area (Å²) in [6, 6.07) is 8.10. The number of nitrogens with zero attached hydrogens (tertiary/aromatic N) is 2. The molecule has 0 atom stereocenters. The van der Waals surface area contributed by atoms with Gasteiger partial charge in [0.25, 0.3) is 0 Å². The molecule has 0 bridgehead atoms. The van der Waals surface area contributed by atoms with E-state index in [2.05, 4.69) is 23.5 Å². The molecule has 0 unspecified atom stereocenters. The van der Waals surface area contributed by atoms with Crippen LogP contribution >= 0.6 is 0 Å². The van der Waals surface area contributed by atoms with Crippen molar-refractivity contribution < 1.29 is 4.57 Å². The van der Waals surface area contributed by atoms with Gasteiger partial charge in [0.15, 0.2) is 0 Å². The van der Waals surface area contributed by atoms with E-state index in [1.807, 2.05) is 22.8 Å². The molecule has 76 valence electrons. The Morgan fingerprint density at radius 3 is 2.87 bits per heavy atom. The number of benzene rings is 1. The van der Waals surface area contributed by atoms with Gasteiger partial charge in [-0.1, -0.05) is 18.1 Å². The van der Waals surface area contributed by atoms with E-state index in [1.54, 1.807) is 0 Å². The summed E-state index contributed by atoms with van der Waals surface area (Å²) in [5.74, 6) is 3.34. The number of terminal acetylenes is 1. The molecule has 15 heavy (non-hydrogen) atoms. The van der Waals surface area contributed by atoms with E-state index < -0.39 is 0 Å². The quantitative estimate of drug-likeness (QED) is 0.573. The van der Waals surface area contributed by atoms with Crippen LogP contribution in [0.3, 0.4) is 0 Å². The lowest BCUT2D eigenvalue weighted by molar-refractivity contribution is -0.644. The SMILES string of the molecule is C#CC[n+]1c(N)n(CC)c2ccccc21. The number of anilines is 1. The molecule has 2 rings (SSSR count). The highest BCUT2D eigenvalue weighted by Crippen LogP contribution is 2.15. The maximum Gasteiger partial charge on any atom is 0.356 e. The molecule has 0 saturated carbocycles. The molecule has 3 nitrogen and oxygen atoms in total. The molecule has 0 amide bonds. The fourth-order valence-corrected chi connectivity index (χ4v) is 1.90. The molecule has 1 heterocycles. The first-order valence-corrected chi connectivity index (χ1v) is 4.99. The lowest BCUT2D eigenvalue weighted by atomic mass is 10.3. The number of fused-ring (bicyclic) bond motifs is 1. The second kappa shape index (κ2) is 3.66. The van der Waals surface area contributed by atoms with Gasteiger partial charge in [-0.2, -0.15) is 0 Å². The van der Waals surface area contributed by atoms with Crippen LogP contribution in [0.25, 0.3) is 11.0 Å². The number of hydrogen-bond donors (Lipinski definition) is 1. The number of imidazole rings is 1. The first-order valence-electron chi connectivity index (χ1n) is 4.99. The van der Waals surface area contributed by atoms with Crippen molar-refractivity contribution in [1.82, 2.24) is 4.57 Å². The summed E-state index contributed by atoms with van der Waals surface area (Å²) in [5.41, 5.74) is 8.27. The number of nitrogen functional groups attached to an aromatic ring is 1. The van der Waals surface area contributed by atoms with Crippen molar-refractivity contribution in [2.75, 3.05) is 5.73 Å². The number of nitrogens with two attached hydrogens (primary N) is 1. The van der Waals surface area contributed by atoms with Gasteiger partial charge in [0.2, 0.25) is 0 Å². The Labute approximate surface area is 89.1 Å². The van der Waals surface area contributed by atoms with Crippen LogP contribution in [0.15, 0.2) is 24.3 Å². The van der Waals surface area contributed by atoms with Crippen LogP contribution in [-0.4, -0.2) is 4.57 Å². The Kier molecular flexibility index (Phi) is 2.34. The van der Waals surface area contributed by atoms with Gasteiger partial charge in [0.1, 0.15) is 17.6 Å². The van der Waals surface area contributed by atoms with Gasteiger partial charge in [-0.05, 0) is 19.1 Å². The van der Waals surface area contributed by atoms with Gasteiger partial charge in [0, 0.05) is 0 Å². The Hall–Kier alpha value is -1.95. The summed E-state index contributed by atoms with van der Waals surface area (Å²) in [5, 5.41) is 0. The molecule has 2 N–H and O–H groups in total. The zero-order valence-corrected chi connectivity index (χ0v) is 8.77. The van der Waals surface area contributed by atoms with E-state index in [-0.39, 0.29) is 0 Å². The van der Waals surface area contributed by atoms with Crippen molar-refractivity contribution in [3.05, 3.63) is 24.3 Å². The number of hydrogen-bond acceptors (Lipinski definition) is 1. The van der Waals surface area contributed by atoms with E-state index >= 15 is 0 Å².